The van der Waals surface area contributed by atoms with Crippen molar-refractivity contribution in [1.82, 2.24) is 9.78 Å². The van der Waals surface area contributed by atoms with Crippen LogP contribution in [0.4, 0.5) is 5.69 Å². The minimum absolute atomic E-state index is 0.0781. The fourth-order valence-corrected chi connectivity index (χ4v) is 2.43. The Morgan fingerprint density at radius 3 is 2.31 bits per heavy atom. The largest absolute Gasteiger partial charge is 0.466 e. The number of carbonyl (C=O) groups is 3. The Labute approximate surface area is 167 Å². The second kappa shape index (κ2) is 10.2. The molecule has 29 heavy (non-hydrogen) atoms. The van der Waals surface area contributed by atoms with E-state index in [-0.39, 0.29) is 37.4 Å². The van der Waals surface area contributed by atoms with Crippen molar-refractivity contribution in [3.8, 4) is 5.69 Å². The van der Waals surface area contributed by atoms with Gasteiger partial charge in [-0.15, -0.1) is 0 Å². The van der Waals surface area contributed by atoms with Gasteiger partial charge in [0, 0.05) is 12.5 Å². The highest BCUT2D eigenvalue weighted by molar-refractivity contribution is 6.00. The highest BCUT2D eigenvalue weighted by atomic mass is 16.5. The van der Waals surface area contributed by atoms with Gasteiger partial charge in [0.2, 0.25) is 5.91 Å². The highest BCUT2D eigenvalue weighted by Gasteiger charge is 2.20. The van der Waals surface area contributed by atoms with Crippen molar-refractivity contribution >= 4 is 23.5 Å². The molecule has 0 atom stereocenters. The summed E-state index contributed by atoms with van der Waals surface area (Å²) in [5, 5.41) is 6.54. The van der Waals surface area contributed by atoms with Crippen LogP contribution < -0.4 is 10.9 Å². The summed E-state index contributed by atoms with van der Waals surface area (Å²) in [6.45, 7) is 5.51. The highest BCUT2D eigenvalue weighted by Crippen LogP contribution is 2.15. The number of anilines is 1. The lowest BCUT2D eigenvalue weighted by Crippen LogP contribution is -2.27. The number of ether oxygens (including phenoxy) is 2. The lowest BCUT2D eigenvalue weighted by atomic mass is 10.2. The first-order valence-electron chi connectivity index (χ1n) is 9.19. The molecule has 0 fully saturated rings. The van der Waals surface area contributed by atoms with E-state index in [1.165, 1.54) is 0 Å². The lowest BCUT2D eigenvalue weighted by Gasteiger charge is -2.12. The molecule has 1 heterocycles. The number of esters is 2. The summed E-state index contributed by atoms with van der Waals surface area (Å²) in [7, 11) is 0. The molecule has 0 bridgehead atoms. The Morgan fingerprint density at radius 2 is 1.69 bits per heavy atom. The number of aryl methyl sites for hydroxylation is 1. The van der Waals surface area contributed by atoms with Crippen molar-refractivity contribution < 1.29 is 23.9 Å². The van der Waals surface area contributed by atoms with Gasteiger partial charge in [-0.1, -0.05) is 17.7 Å². The van der Waals surface area contributed by atoms with Gasteiger partial charge in [0.25, 0.3) is 5.56 Å². The second-order valence-electron chi connectivity index (χ2n) is 6.07. The number of nitrogens with one attached hydrogen (secondary N) is 1. The number of nitrogens with zero attached hydrogens (tertiary/aromatic N) is 2. The summed E-state index contributed by atoms with van der Waals surface area (Å²) in [5.74, 6) is -1.85. The molecule has 0 saturated carbocycles. The average molecular weight is 401 g/mol. The van der Waals surface area contributed by atoms with Gasteiger partial charge in [-0.05, 0) is 32.9 Å². The molecule has 1 aromatic carbocycles. The minimum atomic E-state index is -0.783. The molecule has 1 N–H and O–H groups in total. The van der Waals surface area contributed by atoms with Crippen molar-refractivity contribution in [1.29, 1.82) is 0 Å². The first-order chi connectivity index (χ1) is 13.8. The maximum absolute atomic E-state index is 12.5. The van der Waals surface area contributed by atoms with E-state index in [1.807, 2.05) is 6.92 Å². The maximum atomic E-state index is 12.5. The predicted molar refractivity (Wildman–Crippen MR) is 105 cm³/mol. The van der Waals surface area contributed by atoms with Gasteiger partial charge in [0.05, 0.1) is 31.0 Å². The van der Waals surface area contributed by atoms with Crippen LogP contribution in [-0.4, -0.2) is 40.8 Å². The fraction of sp³-hybridized carbons (Fsp3) is 0.350. The smallest absolute Gasteiger partial charge is 0.360 e. The van der Waals surface area contributed by atoms with E-state index in [0.717, 1.165) is 16.3 Å². The van der Waals surface area contributed by atoms with Gasteiger partial charge in [-0.25, -0.2) is 4.79 Å². The van der Waals surface area contributed by atoms with Crippen LogP contribution in [0.1, 0.15) is 42.7 Å². The predicted octanol–water partition coefficient (Wildman–Crippen LogP) is 2.00. The molecule has 2 rings (SSSR count). The van der Waals surface area contributed by atoms with Crippen molar-refractivity contribution in [2.24, 2.45) is 0 Å². The fourth-order valence-electron chi connectivity index (χ4n) is 2.43. The van der Waals surface area contributed by atoms with Crippen LogP contribution >= 0.6 is 0 Å². The molecule has 0 unspecified atom stereocenters. The SMILES string of the molecule is CCOC(=O)CCC(=O)Nc1cc(=O)n(-c2ccc(C)cc2)nc1C(=O)OCC. The van der Waals surface area contributed by atoms with E-state index < -0.39 is 23.4 Å². The third kappa shape index (κ3) is 6.00. The van der Waals surface area contributed by atoms with Crippen LogP contribution in [0.3, 0.4) is 0 Å². The zero-order valence-electron chi connectivity index (χ0n) is 16.6. The summed E-state index contributed by atoms with van der Waals surface area (Å²) < 4.78 is 10.8. The maximum Gasteiger partial charge on any atom is 0.360 e. The summed E-state index contributed by atoms with van der Waals surface area (Å²) in [6.07, 6.45) is -0.287. The van der Waals surface area contributed by atoms with E-state index >= 15 is 0 Å². The molecule has 1 amide bonds. The van der Waals surface area contributed by atoms with Crippen molar-refractivity contribution in [2.45, 2.75) is 33.6 Å². The van der Waals surface area contributed by atoms with Crippen molar-refractivity contribution in [3.05, 3.63) is 51.9 Å². The molecule has 9 nitrogen and oxygen atoms in total. The molecule has 0 aliphatic carbocycles. The molecule has 9 heteroatoms. The Hall–Kier alpha value is -3.49. The van der Waals surface area contributed by atoms with Crippen LogP contribution in [0.2, 0.25) is 0 Å². The van der Waals surface area contributed by atoms with Crippen molar-refractivity contribution in [2.75, 3.05) is 18.5 Å². The first-order valence-corrected chi connectivity index (χ1v) is 9.19. The Kier molecular flexibility index (Phi) is 7.64. The van der Waals surface area contributed by atoms with E-state index in [2.05, 4.69) is 10.4 Å². The van der Waals surface area contributed by atoms with E-state index in [9.17, 15) is 19.2 Å². The first kappa shape index (κ1) is 21.8. The van der Waals surface area contributed by atoms with Gasteiger partial charge < -0.3 is 14.8 Å². The Balaban J connectivity index is 2.33. The van der Waals surface area contributed by atoms with E-state index in [1.54, 1.807) is 38.1 Å². The average Bonchev–Trinajstić information content (AvgIpc) is 2.68. The summed E-state index contributed by atoms with van der Waals surface area (Å²) in [6, 6.07) is 8.09. The lowest BCUT2D eigenvalue weighted by molar-refractivity contribution is -0.144. The van der Waals surface area contributed by atoms with Gasteiger partial charge in [-0.3, -0.25) is 14.4 Å². The number of amides is 1. The molecule has 1 aromatic heterocycles. The number of carbonyl (C=O) groups excluding carboxylic acids is 3. The summed E-state index contributed by atoms with van der Waals surface area (Å²) in [5.41, 5.74) is 0.633. The van der Waals surface area contributed by atoms with Crippen LogP contribution in [0.15, 0.2) is 35.1 Å². The van der Waals surface area contributed by atoms with E-state index in [4.69, 9.17) is 9.47 Å². The summed E-state index contributed by atoms with van der Waals surface area (Å²) >= 11 is 0. The second-order valence-corrected chi connectivity index (χ2v) is 6.07. The Bertz CT molecular complexity index is 950. The van der Waals surface area contributed by atoms with Gasteiger partial charge >= 0.3 is 11.9 Å². The van der Waals surface area contributed by atoms with E-state index in [0.29, 0.717) is 5.69 Å². The molecule has 0 saturated heterocycles. The monoisotopic (exact) mass is 401 g/mol. The number of benzene rings is 1. The van der Waals surface area contributed by atoms with Gasteiger partial charge in [0.15, 0.2) is 5.69 Å². The molecule has 0 aliphatic rings. The topological polar surface area (TPSA) is 117 Å². The van der Waals surface area contributed by atoms with Gasteiger partial charge in [0.1, 0.15) is 0 Å². The number of hydrogen-bond acceptors (Lipinski definition) is 7. The number of aromatic nitrogens is 2. The standard InChI is InChI=1S/C20H23N3O6/c1-4-28-18(26)11-10-16(24)21-15-12-17(25)23(14-8-6-13(3)7-9-14)22-19(15)20(27)29-5-2/h6-9,12H,4-5,10-11H2,1-3H3,(H,21,24). The number of rotatable bonds is 8. The molecule has 0 spiro atoms. The summed E-state index contributed by atoms with van der Waals surface area (Å²) in [4.78, 5) is 48.4. The number of hydrogen-bond donors (Lipinski definition) is 1. The molecule has 154 valence electrons. The molecular formula is C20H23N3O6. The zero-order valence-corrected chi connectivity index (χ0v) is 16.6. The third-order valence-corrected chi connectivity index (χ3v) is 3.81. The molecular weight excluding hydrogens is 378 g/mol. The quantitative estimate of drug-likeness (QED) is 0.672. The van der Waals surface area contributed by atoms with Crippen molar-refractivity contribution in [3.63, 3.8) is 0 Å². The van der Waals surface area contributed by atoms with Gasteiger partial charge in [-0.2, -0.15) is 9.78 Å². The molecule has 2 aromatic rings. The zero-order chi connectivity index (χ0) is 21.4. The van der Waals surface area contributed by atoms with Crippen LogP contribution in [0.25, 0.3) is 5.69 Å². The Morgan fingerprint density at radius 1 is 1.03 bits per heavy atom. The normalized spacial score (nSPS) is 10.3. The van der Waals surface area contributed by atoms with Crippen LogP contribution in [-0.2, 0) is 19.1 Å². The molecule has 0 radical (unpaired) electrons. The van der Waals surface area contributed by atoms with Crippen LogP contribution in [0, 0.1) is 6.92 Å². The third-order valence-electron chi connectivity index (χ3n) is 3.81. The van der Waals surface area contributed by atoms with Crippen LogP contribution in [0.5, 0.6) is 0 Å². The molecule has 0 aliphatic heterocycles. The minimum Gasteiger partial charge on any atom is -0.466 e.